The number of rotatable bonds is 10. The van der Waals surface area contributed by atoms with Crippen LogP contribution in [0.5, 0.6) is 11.5 Å². The quantitative estimate of drug-likeness (QED) is 0.504. The topological polar surface area (TPSA) is 76.8 Å². The lowest BCUT2D eigenvalue weighted by Gasteiger charge is -2.18. The molecule has 0 fully saturated rings. The number of carbonyl (C=O) groups excluding carboxylic acids is 1. The van der Waals surface area contributed by atoms with Crippen molar-refractivity contribution in [1.29, 1.82) is 0 Å². The molecule has 0 aromatic heterocycles. The Hall–Kier alpha value is -2.65. The van der Waals surface area contributed by atoms with Gasteiger partial charge in [-0.05, 0) is 49.5 Å². The average Bonchev–Trinajstić information content (AvgIpc) is 2.71. The Labute approximate surface area is 184 Å². The first-order chi connectivity index (χ1) is 14.6. The molecule has 0 atom stereocenters. The highest BCUT2D eigenvalue weighted by Gasteiger charge is 2.31. The van der Waals surface area contributed by atoms with Gasteiger partial charge in [-0.1, -0.05) is 25.4 Å². The highest BCUT2D eigenvalue weighted by atomic mass is 35.5. The van der Waals surface area contributed by atoms with Crippen LogP contribution in [0.2, 0.25) is 5.02 Å². The summed E-state index contributed by atoms with van der Waals surface area (Å²) in [5.74, 6) is -0.0372. The van der Waals surface area contributed by atoms with Gasteiger partial charge in [0.05, 0.1) is 16.3 Å². The number of hydrogen-bond donors (Lipinski definition) is 2. The zero-order valence-corrected chi connectivity index (χ0v) is 18.0. The van der Waals surface area contributed by atoms with Gasteiger partial charge in [-0.15, -0.1) is 0 Å². The van der Waals surface area contributed by atoms with Gasteiger partial charge in [0.2, 0.25) is 0 Å². The van der Waals surface area contributed by atoms with E-state index in [-0.39, 0.29) is 10.8 Å². The first-order valence-electron chi connectivity index (χ1n) is 9.68. The van der Waals surface area contributed by atoms with Crippen molar-refractivity contribution >= 4 is 28.9 Å². The van der Waals surface area contributed by atoms with Gasteiger partial charge < -0.3 is 25.4 Å². The van der Waals surface area contributed by atoms with Crippen LogP contribution in [0.25, 0.3) is 0 Å². The number of amides is 1. The maximum absolute atomic E-state index is 12.7. The molecule has 3 N–H and O–H groups in total. The first-order valence-corrected chi connectivity index (χ1v) is 10.1. The predicted octanol–water partition coefficient (Wildman–Crippen LogP) is 4.68. The van der Waals surface area contributed by atoms with Crippen molar-refractivity contribution < 1.29 is 27.4 Å². The maximum Gasteiger partial charge on any atom is 0.416 e. The summed E-state index contributed by atoms with van der Waals surface area (Å²) < 4.78 is 48.9. The van der Waals surface area contributed by atoms with Crippen molar-refractivity contribution in [2.45, 2.75) is 20.0 Å². The number of carbonyl (C=O) groups is 1. The highest BCUT2D eigenvalue weighted by molar-refractivity contribution is 6.32. The molecule has 2 rings (SSSR count). The molecule has 0 unspecified atom stereocenters. The monoisotopic (exact) mass is 459 g/mol. The van der Waals surface area contributed by atoms with E-state index >= 15 is 0 Å². The van der Waals surface area contributed by atoms with E-state index in [1.165, 1.54) is 0 Å². The number of nitrogens with one attached hydrogen (secondary N) is 1. The van der Waals surface area contributed by atoms with E-state index in [0.29, 0.717) is 23.7 Å². The van der Waals surface area contributed by atoms with Gasteiger partial charge in [0, 0.05) is 12.2 Å². The molecule has 2 aromatic carbocycles. The van der Waals surface area contributed by atoms with Crippen LogP contribution in [-0.4, -0.2) is 43.7 Å². The molecular weight excluding hydrogens is 435 g/mol. The fourth-order valence-electron chi connectivity index (χ4n) is 2.72. The van der Waals surface area contributed by atoms with Crippen LogP contribution in [0, 0.1) is 0 Å². The normalized spacial score (nSPS) is 11.5. The molecule has 0 aliphatic heterocycles. The third kappa shape index (κ3) is 7.52. The third-order valence-corrected chi connectivity index (χ3v) is 4.77. The number of ether oxygens (including phenoxy) is 2. The molecule has 0 spiro atoms. The van der Waals surface area contributed by atoms with Crippen molar-refractivity contribution in [3.8, 4) is 11.5 Å². The van der Waals surface area contributed by atoms with Crippen LogP contribution in [0.1, 0.15) is 19.4 Å². The predicted molar refractivity (Wildman–Crippen MR) is 115 cm³/mol. The number of halogens is 4. The first kappa shape index (κ1) is 24.6. The molecule has 0 aliphatic carbocycles. The number of hydrogen-bond acceptors (Lipinski definition) is 5. The van der Waals surface area contributed by atoms with Crippen LogP contribution >= 0.6 is 11.6 Å². The SMILES string of the molecule is CCN(CC)CCOc1ccc(NC(=O)COc2ccc(C(F)(F)F)cc2Cl)cc1N. The minimum absolute atomic E-state index is 0.0266. The van der Waals surface area contributed by atoms with E-state index < -0.39 is 24.3 Å². The van der Waals surface area contributed by atoms with Crippen LogP contribution in [0.4, 0.5) is 24.5 Å². The second-order valence-electron chi connectivity index (χ2n) is 6.61. The fraction of sp³-hybridized carbons (Fsp3) is 0.381. The van der Waals surface area contributed by atoms with Crippen molar-refractivity contribution in [2.24, 2.45) is 0 Å². The second kappa shape index (κ2) is 11.1. The van der Waals surface area contributed by atoms with Crippen molar-refractivity contribution in [2.75, 3.05) is 43.9 Å². The van der Waals surface area contributed by atoms with Crippen molar-refractivity contribution in [3.05, 3.63) is 47.0 Å². The Kier molecular flexibility index (Phi) is 8.82. The number of alkyl halides is 3. The zero-order chi connectivity index (χ0) is 23.0. The summed E-state index contributed by atoms with van der Waals surface area (Å²) in [6, 6.07) is 7.48. The van der Waals surface area contributed by atoms with Gasteiger partial charge in [0.25, 0.3) is 5.91 Å². The number of nitrogens with zero attached hydrogens (tertiary/aromatic N) is 1. The number of likely N-dealkylation sites (N-methyl/N-ethyl adjacent to an activating group) is 1. The average molecular weight is 460 g/mol. The van der Waals surface area contributed by atoms with Gasteiger partial charge in [-0.2, -0.15) is 13.2 Å². The number of nitrogen functional groups attached to an aromatic ring is 1. The summed E-state index contributed by atoms with van der Waals surface area (Å²) in [6.45, 7) is 6.83. The second-order valence-corrected chi connectivity index (χ2v) is 7.01. The molecule has 0 saturated heterocycles. The molecule has 170 valence electrons. The lowest BCUT2D eigenvalue weighted by Crippen LogP contribution is -2.28. The Morgan fingerprint density at radius 2 is 1.77 bits per heavy atom. The molecule has 0 aliphatic rings. The highest BCUT2D eigenvalue weighted by Crippen LogP contribution is 2.34. The Balaban J connectivity index is 1.87. The number of benzene rings is 2. The lowest BCUT2D eigenvalue weighted by molar-refractivity contribution is -0.137. The van der Waals surface area contributed by atoms with Gasteiger partial charge in [-0.25, -0.2) is 0 Å². The van der Waals surface area contributed by atoms with E-state index in [9.17, 15) is 18.0 Å². The van der Waals surface area contributed by atoms with Gasteiger partial charge >= 0.3 is 6.18 Å². The van der Waals surface area contributed by atoms with E-state index in [2.05, 4.69) is 24.1 Å². The van der Waals surface area contributed by atoms with E-state index in [0.717, 1.165) is 37.8 Å². The van der Waals surface area contributed by atoms with Gasteiger partial charge in [0.15, 0.2) is 6.61 Å². The Morgan fingerprint density at radius 3 is 2.35 bits per heavy atom. The van der Waals surface area contributed by atoms with Crippen molar-refractivity contribution in [3.63, 3.8) is 0 Å². The number of nitrogens with two attached hydrogens (primary N) is 1. The molecule has 2 aromatic rings. The third-order valence-electron chi connectivity index (χ3n) is 4.47. The lowest BCUT2D eigenvalue weighted by atomic mass is 10.2. The van der Waals surface area contributed by atoms with E-state index in [1.54, 1.807) is 18.2 Å². The summed E-state index contributed by atoms with van der Waals surface area (Å²) in [7, 11) is 0. The van der Waals surface area contributed by atoms with Crippen LogP contribution < -0.4 is 20.5 Å². The summed E-state index contributed by atoms with van der Waals surface area (Å²) in [4.78, 5) is 14.3. The molecule has 31 heavy (non-hydrogen) atoms. The summed E-state index contributed by atoms with van der Waals surface area (Å²) in [5.41, 5.74) is 5.88. The van der Waals surface area contributed by atoms with Crippen LogP contribution in [0.15, 0.2) is 36.4 Å². The van der Waals surface area contributed by atoms with Crippen molar-refractivity contribution in [1.82, 2.24) is 4.90 Å². The number of anilines is 2. The fourth-order valence-corrected chi connectivity index (χ4v) is 2.95. The Morgan fingerprint density at radius 1 is 1.10 bits per heavy atom. The largest absolute Gasteiger partial charge is 0.490 e. The smallest absolute Gasteiger partial charge is 0.416 e. The standard InChI is InChI=1S/C21H25ClF3N3O3/c1-3-28(4-2)9-10-30-19-8-6-15(12-17(19)26)27-20(29)13-31-18-7-5-14(11-16(18)22)21(23,24)25/h5-8,11-12H,3-4,9-10,13,26H2,1-2H3,(H,27,29). The zero-order valence-electron chi connectivity index (χ0n) is 17.3. The summed E-state index contributed by atoms with van der Waals surface area (Å²) >= 11 is 5.81. The van der Waals surface area contributed by atoms with Gasteiger partial charge in [-0.3, -0.25) is 4.79 Å². The molecule has 0 bridgehead atoms. The summed E-state index contributed by atoms with van der Waals surface area (Å²) in [5, 5.41) is 2.36. The Bertz CT molecular complexity index is 890. The molecular formula is C21H25ClF3N3O3. The van der Waals surface area contributed by atoms with Crippen LogP contribution in [0.3, 0.4) is 0 Å². The molecule has 0 radical (unpaired) electrons. The van der Waals surface area contributed by atoms with Gasteiger partial charge in [0.1, 0.15) is 18.1 Å². The maximum atomic E-state index is 12.7. The van der Waals surface area contributed by atoms with Crippen LogP contribution in [-0.2, 0) is 11.0 Å². The molecule has 6 nitrogen and oxygen atoms in total. The van der Waals surface area contributed by atoms with E-state index in [1.807, 2.05) is 0 Å². The van der Waals surface area contributed by atoms with E-state index in [4.69, 9.17) is 26.8 Å². The molecule has 0 heterocycles. The summed E-state index contributed by atoms with van der Waals surface area (Å²) in [6.07, 6.45) is -4.51. The minimum atomic E-state index is -4.51. The molecule has 1 amide bonds. The minimum Gasteiger partial charge on any atom is -0.490 e. The molecule has 10 heteroatoms. The molecule has 0 saturated carbocycles.